The van der Waals surface area contributed by atoms with E-state index < -0.39 is 23.1 Å². The number of thiocarbonyl (C=S) groups is 1. The van der Waals surface area contributed by atoms with Gasteiger partial charge in [-0.25, -0.2) is 4.79 Å². The van der Waals surface area contributed by atoms with Gasteiger partial charge in [0.15, 0.2) is 5.11 Å². The van der Waals surface area contributed by atoms with Crippen molar-refractivity contribution in [2.75, 3.05) is 6.54 Å². The number of amides is 2. The Hall–Kier alpha value is -2.81. The summed E-state index contributed by atoms with van der Waals surface area (Å²) in [5.41, 5.74) is -1.59. The van der Waals surface area contributed by atoms with Crippen molar-refractivity contribution in [2.24, 2.45) is 0 Å². The third-order valence-electron chi connectivity index (χ3n) is 2.58. The third kappa shape index (κ3) is 3.03. The molecule has 1 aromatic heterocycles. The third-order valence-corrected chi connectivity index (χ3v) is 2.90. The molecule has 1 aliphatic heterocycles. The summed E-state index contributed by atoms with van der Waals surface area (Å²) in [6.07, 6.45) is 2.57. The fourth-order valence-electron chi connectivity index (χ4n) is 1.71. The molecule has 0 spiro atoms. The van der Waals surface area contributed by atoms with Gasteiger partial charge in [-0.2, -0.15) is 0 Å². The van der Waals surface area contributed by atoms with Crippen molar-refractivity contribution in [3.63, 3.8) is 0 Å². The van der Waals surface area contributed by atoms with Gasteiger partial charge in [0.2, 0.25) is 0 Å². The fourth-order valence-corrected chi connectivity index (χ4v) is 1.96. The molecular weight excluding hydrogens is 296 g/mol. The molecule has 1 saturated heterocycles. The van der Waals surface area contributed by atoms with Crippen LogP contribution in [0, 0.1) is 0 Å². The summed E-state index contributed by atoms with van der Waals surface area (Å²) in [6, 6.07) is 1.06. The minimum absolute atomic E-state index is 0.0264. The van der Waals surface area contributed by atoms with Gasteiger partial charge in [-0.1, -0.05) is 6.08 Å². The van der Waals surface area contributed by atoms with Crippen LogP contribution < -0.4 is 16.6 Å². The topological polar surface area (TPSA) is 115 Å². The van der Waals surface area contributed by atoms with Crippen molar-refractivity contribution in [1.29, 1.82) is 0 Å². The Balaban J connectivity index is 2.47. The molecule has 0 aliphatic carbocycles. The van der Waals surface area contributed by atoms with Crippen LogP contribution in [0.3, 0.4) is 0 Å². The number of nitrogens with one attached hydrogen (secondary N) is 3. The van der Waals surface area contributed by atoms with Crippen molar-refractivity contribution in [1.82, 2.24) is 20.2 Å². The summed E-state index contributed by atoms with van der Waals surface area (Å²) in [6.45, 7) is 3.62. The van der Waals surface area contributed by atoms with Gasteiger partial charge in [0.05, 0.1) is 0 Å². The SMILES string of the molecule is C=CCN1C(=O)/C(=C/c2cc(=O)[nH]c(=O)[nH]2)C(=O)NC1=S. The quantitative estimate of drug-likeness (QED) is 0.283. The largest absolute Gasteiger partial charge is 0.326 e. The van der Waals surface area contributed by atoms with Crippen molar-refractivity contribution in [2.45, 2.75) is 0 Å². The Labute approximate surface area is 123 Å². The van der Waals surface area contributed by atoms with Crippen LogP contribution >= 0.6 is 12.2 Å². The Morgan fingerprint density at radius 1 is 1.24 bits per heavy atom. The first-order valence-corrected chi connectivity index (χ1v) is 6.16. The maximum Gasteiger partial charge on any atom is 0.326 e. The van der Waals surface area contributed by atoms with Gasteiger partial charge < -0.3 is 4.98 Å². The van der Waals surface area contributed by atoms with E-state index in [9.17, 15) is 19.2 Å². The number of hydrogen-bond donors (Lipinski definition) is 3. The maximum absolute atomic E-state index is 12.2. The highest BCUT2D eigenvalue weighted by atomic mass is 32.1. The van der Waals surface area contributed by atoms with Gasteiger partial charge in [-0.3, -0.25) is 29.6 Å². The van der Waals surface area contributed by atoms with Crippen LogP contribution in [-0.4, -0.2) is 38.3 Å². The molecule has 0 bridgehead atoms. The number of hydrogen-bond acceptors (Lipinski definition) is 5. The van der Waals surface area contributed by atoms with E-state index in [1.165, 1.54) is 6.08 Å². The van der Waals surface area contributed by atoms with E-state index in [2.05, 4.69) is 16.9 Å². The van der Waals surface area contributed by atoms with Gasteiger partial charge in [0.1, 0.15) is 5.57 Å². The Morgan fingerprint density at radius 3 is 2.57 bits per heavy atom. The molecule has 0 unspecified atom stereocenters. The van der Waals surface area contributed by atoms with E-state index in [-0.39, 0.29) is 22.9 Å². The van der Waals surface area contributed by atoms with E-state index in [1.807, 2.05) is 4.98 Å². The molecule has 0 radical (unpaired) electrons. The Bertz CT molecular complexity index is 761. The number of carbonyl (C=O) groups is 2. The van der Waals surface area contributed by atoms with Crippen LogP contribution in [0.2, 0.25) is 0 Å². The summed E-state index contributed by atoms with van der Waals surface area (Å²) in [7, 11) is 0. The van der Waals surface area contributed by atoms with Crippen LogP contribution in [-0.2, 0) is 9.59 Å². The monoisotopic (exact) mass is 306 g/mol. The van der Waals surface area contributed by atoms with Crippen molar-refractivity contribution >= 4 is 35.2 Å². The molecule has 3 N–H and O–H groups in total. The summed E-state index contributed by atoms with van der Waals surface area (Å²) in [5, 5.41) is 2.32. The first-order chi connectivity index (χ1) is 9.92. The van der Waals surface area contributed by atoms with Gasteiger partial charge in [-0.05, 0) is 18.3 Å². The summed E-state index contributed by atoms with van der Waals surface area (Å²) < 4.78 is 0. The van der Waals surface area contributed by atoms with Crippen LogP contribution in [0.5, 0.6) is 0 Å². The molecular formula is C12H10N4O4S. The van der Waals surface area contributed by atoms with Crippen LogP contribution in [0.15, 0.2) is 33.9 Å². The molecule has 108 valence electrons. The lowest BCUT2D eigenvalue weighted by Gasteiger charge is -2.27. The highest BCUT2D eigenvalue weighted by molar-refractivity contribution is 7.80. The number of H-pyrrole nitrogens is 2. The molecule has 0 aromatic carbocycles. The van der Waals surface area contributed by atoms with Crippen molar-refractivity contribution < 1.29 is 9.59 Å². The van der Waals surface area contributed by atoms with Crippen LogP contribution in [0.4, 0.5) is 0 Å². The smallest absolute Gasteiger partial charge is 0.307 e. The molecule has 2 rings (SSSR count). The molecule has 2 heterocycles. The molecule has 21 heavy (non-hydrogen) atoms. The second-order valence-electron chi connectivity index (χ2n) is 4.06. The van der Waals surface area contributed by atoms with Crippen molar-refractivity contribution in [3.05, 3.63) is 50.8 Å². The van der Waals surface area contributed by atoms with Crippen LogP contribution in [0.25, 0.3) is 6.08 Å². The second kappa shape index (κ2) is 5.67. The Morgan fingerprint density at radius 2 is 1.95 bits per heavy atom. The minimum Gasteiger partial charge on any atom is -0.307 e. The number of aromatic nitrogens is 2. The zero-order valence-corrected chi connectivity index (χ0v) is 11.5. The lowest BCUT2D eigenvalue weighted by molar-refractivity contribution is -0.128. The summed E-state index contributed by atoms with van der Waals surface area (Å²) in [4.78, 5) is 51.8. The molecule has 0 atom stereocenters. The highest BCUT2D eigenvalue weighted by Crippen LogP contribution is 2.12. The average molecular weight is 306 g/mol. The lowest BCUT2D eigenvalue weighted by Crippen LogP contribution is -2.53. The van der Waals surface area contributed by atoms with E-state index in [0.29, 0.717) is 0 Å². The highest BCUT2D eigenvalue weighted by Gasteiger charge is 2.32. The van der Waals surface area contributed by atoms with Gasteiger partial charge in [-0.15, -0.1) is 6.58 Å². The standard InChI is InChI=1S/C12H10N4O4S/c1-2-3-16-10(19)7(9(18)15-12(16)21)4-6-5-8(17)14-11(20)13-6/h2,4-5H,1,3H2,(H,15,18,21)(H2,13,14,17,20)/b7-4+. The van der Waals surface area contributed by atoms with E-state index in [0.717, 1.165) is 17.0 Å². The fraction of sp³-hybridized carbons (Fsp3) is 0.0833. The van der Waals surface area contributed by atoms with Gasteiger partial charge in [0, 0.05) is 18.3 Å². The molecule has 2 amide bonds. The molecule has 9 heteroatoms. The number of aromatic amines is 2. The first-order valence-electron chi connectivity index (χ1n) is 5.76. The molecule has 0 saturated carbocycles. The first kappa shape index (κ1) is 14.6. The molecule has 1 aliphatic rings. The molecule has 8 nitrogen and oxygen atoms in total. The van der Waals surface area contributed by atoms with Crippen molar-refractivity contribution in [3.8, 4) is 0 Å². The van der Waals surface area contributed by atoms with Crippen LogP contribution in [0.1, 0.15) is 5.69 Å². The molecule has 1 aromatic rings. The predicted octanol–water partition coefficient (Wildman–Crippen LogP) is -1.12. The number of nitrogens with zero attached hydrogens (tertiary/aromatic N) is 1. The lowest BCUT2D eigenvalue weighted by atomic mass is 10.1. The Kier molecular flexibility index (Phi) is 3.94. The van der Waals surface area contributed by atoms with E-state index in [1.54, 1.807) is 0 Å². The van der Waals surface area contributed by atoms with Gasteiger partial charge >= 0.3 is 5.69 Å². The zero-order chi connectivity index (χ0) is 15.6. The normalized spacial score (nSPS) is 17.0. The zero-order valence-electron chi connectivity index (χ0n) is 10.6. The minimum atomic E-state index is -0.739. The van der Waals surface area contributed by atoms with Gasteiger partial charge in [0.25, 0.3) is 17.4 Å². The summed E-state index contributed by atoms with van der Waals surface area (Å²) >= 11 is 4.89. The average Bonchev–Trinajstić information content (AvgIpc) is 2.38. The number of carbonyl (C=O) groups excluding carboxylic acids is 2. The maximum atomic E-state index is 12.2. The second-order valence-corrected chi connectivity index (χ2v) is 4.45. The molecule has 1 fully saturated rings. The number of rotatable bonds is 3. The van der Waals surface area contributed by atoms with E-state index >= 15 is 0 Å². The summed E-state index contributed by atoms with van der Waals surface area (Å²) in [5.74, 6) is -1.34. The predicted molar refractivity (Wildman–Crippen MR) is 78.3 cm³/mol. The van der Waals surface area contributed by atoms with E-state index in [4.69, 9.17) is 12.2 Å².